The van der Waals surface area contributed by atoms with E-state index in [1.165, 1.54) is 16.4 Å². The lowest BCUT2D eigenvalue weighted by Crippen LogP contribution is -2.33. The first-order valence-electron chi connectivity index (χ1n) is 6.88. The van der Waals surface area contributed by atoms with Crippen LogP contribution in [-0.2, 0) is 10.0 Å². The molecule has 1 aromatic carbocycles. The van der Waals surface area contributed by atoms with Gasteiger partial charge in [-0.25, -0.2) is 8.42 Å². The Bertz CT molecular complexity index is 672. The molecule has 1 aromatic rings. The van der Waals surface area contributed by atoms with Gasteiger partial charge in [-0.3, -0.25) is 0 Å². The second kappa shape index (κ2) is 6.80. The van der Waals surface area contributed by atoms with Crippen LogP contribution in [0.25, 0.3) is 0 Å². The highest BCUT2D eigenvalue weighted by Crippen LogP contribution is 2.33. The zero-order valence-corrected chi connectivity index (χ0v) is 13.4. The summed E-state index contributed by atoms with van der Waals surface area (Å²) in [6.07, 6.45) is 2.19. The lowest BCUT2D eigenvalue weighted by atomic mass is 10.2. The molecule has 0 heterocycles. The molecule has 0 spiro atoms. The molecule has 0 unspecified atom stereocenters. The number of aliphatic hydroxyl groups excluding tert-OH is 1. The Morgan fingerprint density at radius 3 is 2.67 bits per heavy atom. The van der Waals surface area contributed by atoms with Gasteiger partial charge in [0.15, 0.2) is 0 Å². The Hall–Kier alpha value is -1.06. The van der Waals surface area contributed by atoms with Crippen LogP contribution >= 0.6 is 11.6 Å². The summed E-state index contributed by atoms with van der Waals surface area (Å²) in [4.78, 5) is 0.112. The summed E-state index contributed by atoms with van der Waals surface area (Å²) in [6.45, 7) is 2.57. The fourth-order valence-corrected chi connectivity index (χ4v) is 4.10. The normalized spacial score (nSPS) is 14.9. The first kappa shape index (κ1) is 16.3. The van der Waals surface area contributed by atoms with Crippen molar-refractivity contribution in [1.82, 2.24) is 4.31 Å². The van der Waals surface area contributed by atoms with Crippen molar-refractivity contribution in [1.29, 1.82) is 0 Å². The average molecular weight is 328 g/mol. The summed E-state index contributed by atoms with van der Waals surface area (Å²) in [7, 11) is -3.57. The Labute approximate surface area is 130 Å². The third-order valence-corrected chi connectivity index (χ3v) is 5.80. The number of halogens is 1. The number of rotatable bonds is 5. The maximum absolute atomic E-state index is 12.6. The number of hydrogen-bond donors (Lipinski definition) is 1. The summed E-state index contributed by atoms with van der Waals surface area (Å²) in [5, 5.41) is 8.83. The molecular weight excluding hydrogens is 310 g/mol. The van der Waals surface area contributed by atoms with Crippen LogP contribution in [0.1, 0.15) is 25.3 Å². The lowest BCUT2D eigenvalue weighted by Gasteiger charge is -2.21. The van der Waals surface area contributed by atoms with E-state index in [0.717, 1.165) is 12.8 Å². The SMILES string of the molecule is CCN(CC1CC1)S(=O)(=O)c1ccc(C#CCO)cc1Cl. The molecule has 1 N–H and O–H groups in total. The first-order valence-corrected chi connectivity index (χ1v) is 8.70. The van der Waals surface area contributed by atoms with Crippen molar-refractivity contribution in [3.8, 4) is 11.8 Å². The Kier molecular flexibility index (Phi) is 5.28. The van der Waals surface area contributed by atoms with E-state index in [-0.39, 0.29) is 16.5 Å². The zero-order chi connectivity index (χ0) is 15.5. The average Bonchev–Trinajstić information content (AvgIpc) is 3.26. The smallest absolute Gasteiger partial charge is 0.244 e. The van der Waals surface area contributed by atoms with Crippen LogP contribution in [0.2, 0.25) is 5.02 Å². The van der Waals surface area contributed by atoms with Gasteiger partial charge in [0.25, 0.3) is 0 Å². The number of nitrogens with zero attached hydrogens (tertiary/aromatic N) is 1. The van der Waals surface area contributed by atoms with Gasteiger partial charge >= 0.3 is 0 Å². The van der Waals surface area contributed by atoms with Gasteiger partial charge < -0.3 is 5.11 Å². The van der Waals surface area contributed by atoms with Crippen LogP contribution in [0, 0.1) is 17.8 Å². The molecule has 4 nitrogen and oxygen atoms in total. The summed E-state index contributed by atoms with van der Waals surface area (Å²) in [6, 6.07) is 4.60. The number of benzene rings is 1. The van der Waals surface area contributed by atoms with Crippen LogP contribution in [-0.4, -0.2) is 37.5 Å². The van der Waals surface area contributed by atoms with Gasteiger partial charge in [0, 0.05) is 18.7 Å². The van der Waals surface area contributed by atoms with E-state index in [0.29, 0.717) is 24.6 Å². The molecule has 2 rings (SSSR count). The molecule has 0 bridgehead atoms. The second-order valence-corrected chi connectivity index (χ2v) is 7.32. The molecule has 0 aromatic heterocycles. The van der Waals surface area contributed by atoms with Gasteiger partial charge in [0.2, 0.25) is 10.0 Å². The van der Waals surface area contributed by atoms with E-state index in [9.17, 15) is 8.42 Å². The molecule has 0 atom stereocenters. The topological polar surface area (TPSA) is 57.6 Å². The lowest BCUT2D eigenvalue weighted by molar-refractivity contribution is 0.350. The van der Waals surface area contributed by atoms with Gasteiger partial charge in [-0.1, -0.05) is 30.4 Å². The van der Waals surface area contributed by atoms with Crippen LogP contribution in [0.15, 0.2) is 23.1 Å². The summed E-state index contributed by atoms with van der Waals surface area (Å²) in [5.74, 6) is 5.69. The van der Waals surface area contributed by atoms with Crippen LogP contribution in [0.5, 0.6) is 0 Å². The van der Waals surface area contributed by atoms with Crippen molar-refractivity contribution in [2.24, 2.45) is 5.92 Å². The second-order valence-electron chi connectivity index (χ2n) is 5.00. The molecule has 1 aliphatic rings. The number of sulfonamides is 1. The molecule has 1 saturated carbocycles. The highest BCUT2D eigenvalue weighted by Gasteiger charge is 2.31. The number of aliphatic hydroxyl groups is 1. The minimum Gasteiger partial charge on any atom is -0.384 e. The standard InChI is InChI=1S/C15H18ClNO3S/c1-2-17(11-13-5-6-13)21(19,20)15-8-7-12(4-3-9-18)10-14(15)16/h7-8,10,13,18H,2,5-6,9,11H2,1H3. The highest BCUT2D eigenvalue weighted by molar-refractivity contribution is 7.89. The van der Waals surface area contributed by atoms with Gasteiger partial charge in [0.1, 0.15) is 11.5 Å². The third-order valence-electron chi connectivity index (χ3n) is 3.37. The van der Waals surface area contributed by atoms with Gasteiger partial charge in [-0.2, -0.15) is 4.31 Å². The fraction of sp³-hybridized carbons (Fsp3) is 0.467. The van der Waals surface area contributed by atoms with Crippen molar-refractivity contribution < 1.29 is 13.5 Å². The van der Waals surface area contributed by atoms with Crippen LogP contribution in [0.4, 0.5) is 0 Å². The molecule has 21 heavy (non-hydrogen) atoms. The Morgan fingerprint density at radius 2 is 2.14 bits per heavy atom. The number of hydrogen-bond acceptors (Lipinski definition) is 3. The van der Waals surface area contributed by atoms with E-state index >= 15 is 0 Å². The summed E-state index contributed by atoms with van der Waals surface area (Å²) in [5.41, 5.74) is 0.582. The van der Waals surface area contributed by atoms with Crippen LogP contribution in [0.3, 0.4) is 0 Å². The highest BCUT2D eigenvalue weighted by atomic mass is 35.5. The van der Waals surface area contributed by atoms with E-state index < -0.39 is 10.0 Å². The quantitative estimate of drug-likeness (QED) is 0.843. The fourth-order valence-electron chi connectivity index (χ4n) is 2.05. The van der Waals surface area contributed by atoms with E-state index in [2.05, 4.69) is 11.8 Å². The molecule has 0 amide bonds. The zero-order valence-electron chi connectivity index (χ0n) is 11.8. The first-order chi connectivity index (χ1) is 9.98. The summed E-state index contributed by atoms with van der Waals surface area (Å²) >= 11 is 6.11. The molecule has 6 heteroatoms. The van der Waals surface area contributed by atoms with E-state index in [1.54, 1.807) is 6.07 Å². The molecule has 1 fully saturated rings. The van der Waals surface area contributed by atoms with E-state index in [1.807, 2.05) is 6.92 Å². The summed E-state index contributed by atoms with van der Waals surface area (Å²) < 4.78 is 26.8. The molecule has 0 aliphatic heterocycles. The molecule has 0 saturated heterocycles. The van der Waals surface area contributed by atoms with Crippen molar-refractivity contribution >= 4 is 21.6 Å². The molecule has 114 valence electrons. The third kappa shape index (κ3) is 3.98. The minimum atomic E-state index is -3.57. The van der Waals surface area contributed by atoms with Crippen LogP contribution < -0.4 is 0 Å². The molecular formula is C15H18ClNO3S. The van der Waals surface area contributed by atoms with Gasteiger partial charge in [-0.05, 0) is 37.0 Å². The van der Waals surface area contributed by atoms with Crippen molar-refractivity contribution in [3.05, 3.63) is 28.8 Å². The van der Waals surface area contributed by atoms with Crippen molar-refractivity contribution in [2.45, 2.75) is 24.7 Å². The largest absolute Gasteiger partial charge is 0.384 e. The van der Waals surface area contributed by atoms with Gasteiger partial charge in [0.05, 0.1) is 5.02 Å². The van der Waals surface area contributed by atoms with Gasteiger partial charge in [-0.15, -0.1) is 0 Å². The maximum atomic E-state index is 12.6. The molecule has 0 radical (unpaired) electrons. The van der Waals surface area contributed by atoms with Crippen molar-refractivity contribution in [3.63, 3.8) is 0 Å². The Morgan fingerprint density at radius 1 is 1.43 bits per heavy atom. The Balaban J connectivity index is 2.30. The monoisotopic (exact) mass is 327 g/mol. The predicted molar refractivity (Wildman–Crippen MR) is 82.6 cm³/mol. The van der Waals surface area contributed by atoms with Crippen molar-refractivity contribution in [2.75, 3.05) is 19.7 Å². The maximum Gasteiger partial charge on any atom is 0.244 e. The predicted octanol–water partition coefficient (Wildman–Crippen LogP) is 2.10. The molecule has 1 aliphatic carbocycles. The van der Waals surface area contributed by atoms with E-state index in [4.69, 9.17) is 16.7 Å². The minimum absolute atomic E-state index is 0.112.